The van der Waals surface area contributed by atoms with Gasteiger partial charge in [0.15, 0.2) is 16.6 Å². The molecule has 1 fully saturated rings. The monoisotopic (exact) mass is 604 g/mol. The van der Waals surface area contributed by atoms with Gasteiger partial charge < -0.3 is 19.3 Å². The second-order valence-electron chi connectivity index (χ2n) is 10.8. The van der Waals surface area contributed by atoms with E-state index >= 15 is 0 Å². The highest BCUT2D eigenvalue weighted by Crippen LogP contribution is 2.46. The van der Waals surface area contributed by atoms with E-state index in [0.29, 0.717) is 53.3 Å². The van der Waals surface area contributed by atoms with Crippen molar-refractivity contribution in [2.24, 2.45) is 0 Å². The average molecular weight is 605 g/mol. The van der Waals surface area contributed by atoms with Crippen molar-refractivity contribution in [3.63, 3.8) is 0 Å². The number of ether oxygens (including phenoxy) is 3. The number of hydrogen-bond donors (Lipinski definition) is 1. The predicted molar refractivity (Wildman–Crippen MR) is 169 cm³/mol. The van der Waals surface area contributed by atoms with Crippen LogP contribution in [-0.2, 0) is 16.2 Å². The van der Waals surface area contributed by atoms with Gasteiger partial charge in [-0.3, -0.25) is 14.5 Å². The molecule has 1 saturated heterocycles. The van der Waals surface area contributed by atoms with Crippen LogP contribution in [0.4, 0.5) is 5.13 Å². The van der Waals surface area contributed by atoms with Crippen molar-refractivity contribution in [1.29, 1.82) is 0 Å². The molecule has 2 aliphatic heterocycles. The van der Waals surface area contributed by atoms with Crippen LogP contribution in [-0.4, -0.2) is 35.0 Å². The SMILES string of the molecule is Cc1cc(C)c2nc(N3C(=O)C(=O)/C(=C(/O)c4ccc5c(c4)OCCO5)[C@@H]3c3cccc(OCc4ccccc4)c3)sc2c1. The zero-order valence-electron chi connectivity index (χ0n) is 24.1. The molecule has 0 saturated carbocycles. The van der Waals surface area contributed by atoms with Crippen molar-refractivity contribution in [1.82, 2.24) is 4.98 Å². The van der Waals surface area contributed by atoms with Crippen molar-refractivity contribution in [3.05, 3.63) is 118 Å². The van der Waals surface area contributed by atoms with E-state index in [1.54, 1.807) is 24.3 Å². The third kappa shape index (κ3) is 4.95. The van der Waals surface area contributed by atoms with Crippen molar-refractivity contribution in [2.75, 3.05) is 18.1 Å². The number of aliphatic hydroxyl groups is 1. The lowest BCUT2D eigenvalue weighted by molar-refractivity contribution is -0.132. The van der Waals surface area contributed by atoms with Crippen LogP contribution < -0.4 is 19.1 Å². The summed E-state index contributed by atoms with van der Waals surface area (Å²) in [5, 5.41) is 12.1. The van der Waals surface area contributed by atoms with Crippen LogP contribution in [0.25, 0.3) is 16.0 Å². The Balaban J connectivity index is 1.36. The summed E-state index contributed by atoms with van der Waals surface area (Å²) in [6, 6.07) is 25.1. The maximum Gasteiger partial charge on any atom is 0.301 e. The lowest BCUT2D eigenvalue weighted by Gasteiger charge is -2.24. The molecule has 5 aromatic rings. The van der Waals surface area contributed by atoms with Crippen LogP contribution in [0, 0.1) is 13.8 Å². The summed E-state index contributed by atoms with van der Waals surface area (Å²) in [4.78, 5) is 33.8. The summed E-state index contributed by atoms with van der Waals surface area (Å²) < 4.78 is 18.3. The maximum atomic E-state index is 13.8. The molecule has 1 N–H and O–H groups in total. The van der Waals surface area contributed by atoms with E-state index in [1.807, 2.05) is 74.5 Å². The number of Topliss-reactive ketones (excluding diaryl/α,β-unsaturated/α-hetero) is 1. The second kappa shape index (κ2) is 11.2. The molecule has 1 aromatic heterocycles. The minimum Gasteiger partial charge on any atom is -0.507 e. The number of amides is 1. The van der Waals surface area contributed by atoms with Gasteiger partial charge in [0.2, 0.25) is 0 Å². The Kier molecular flexibility index (Phi) is 7.02. The largest absolute Gasteiger partial charge is 0.507 e. The van der Waals surface area contributed by atoms with Gasteiger partial charge in [0, 0.05) is 5.56 Å². The molecule has 0 bridgehead atoms. The molecule has 7 rings (SSSR count). The van der Waals surface area contributed by atoms with E-state index in [9.17, 15) is 14.7 Å². The second-order valence-corrected chi connectivity index (χ2v) is 11.8. The van der Waals surface area contributed by atoms with E-state index in [4.69, 9.17) is 19.2 Å². The number of carbonyl (C=O) groups is 2. The van der Waals surface area contributed by atoms with Gasteiger partial charge in [0.05, 0.1) is 21.8 Å². The zero-order valence-corrected chi connectivity index (χ0v) is 24.9. The summed E-state index contributed by atoms with van der Waals surface area (Å²) >= 11 is 1.34. The van der Waals surface area contributed by atoms with Crippen molar-refractivity contribution in [2.45, 2.75) is 26.5 Å². The first kappa shape index (κ1) is 27.7. The van der Waals surface area contributed by atoms with Crippen LogP contribution >= 0.6 is 11.3 Å². The zero-order chi connectivity index (χ0) is 30.4. The summed E-state index contributed by atoms with van der Waals surface area (Å²) in [6.45, 7) is 5.12. The highest BCUT2D eigenvalue weighted by molar-refractivity contribution is 7.22. The summed E-state index contributed by atoms with van der Waals surface area (Å²) in [7, 11) is 0. The molecular formula is C35H28N2O6S. The summed E-state index contributed by atoms with van der Waals surface area (Å²) in [5.41, 5.74) is 4.71. The Labute approximate surface area is 257 Å². The Morgan fingerprint density at radius 1 is 0.955 bits per heavy atom. The molecular weight excluding hydrogens is 576 g/mol. The Bertz CT molecular complexity index is 1970. The minimum absolute atomic E-state index is 0.0426. The van der Waals surface area contributed by atoms with Crippen LogP contribution in [0.5, 0.6) is 17.2 Å². The standard InChI is InChI=1S/C35H28N2O6S/c1-20-15-21(2)30-28(16-20)44-35(36-30)37-31(23-9-6-10-25(17-23)43-19-22-7-4-3-5-8-22)29(33(39)34(37)40)32(38)24-11-12-26-27(18-24)42-14-13-41-26/h3-12,15-18,31,38H,13-14,19H2,1-2H3/b32-29+/t31-/m0/s1. The molecule has 3 heterocycles. The van der Waals surface area contributed by atoms with E-state index in [2.05, 4.69) is 0 Å². The highest BCUT2D eigenvalue weighted by Gasteiger charge is 2.48. The third-order valence-corrected chi connectivity index (χ3v) is 8.71. The number of hydrogen-bond acceptors (Lipinski definition) is 8. The summed E-state index contributed by atoms with van der Waals surface area (Å²) in [6.07, 6.45) is 0. The quantitative estimate of drug-likeness (QED) is 0.128. The number of aryl methyl sites for hydroxylation is 2. The van der Waals surface area contributed by atoms with Gasteiger partial charge in [0.25, 0.3) is 5.78 Å². The number of carbonyl (C=O) groups excluding carboxylic acids is 2. The minimum atomic E-state index is -0.953. The van der Waals surface area contributed by atoms with E-state index in [-0.39, 0.29) is 11.3 Å². The van der Waals surface area contributed by atoms with Crippen LogP contribution in [0.15, 0.2) is 90.5 Å². The van der Waals surface area contributed by atoms with Crippen LogP contribution in [0.3, 0.4) is 0 Å². The van der Waals surface area contributed by atoms with E-state index < -0.39 is 17.7 Å². The first-order valence-corrected chi connectivity index (χ1v) is 15.0. The first-order chi connectivity index (χ1) is 21.4. The number of anilines is 1. The van der Waals surface area contributed by atoms with Gasteiger partial charge in [-0.2, -0.15) is 0 Å². The van der Waals surface area contributed by atoms with Crippen LogP contribution in [0.1, 0.15) is 33.9 Å². The number of thiazole rings is 1. The normalized spacial score (nSPS) is 17.3. The highest BCUT2D eigenvalue weighted by atomic mass is 32.1. The number of fused-ring (bicyclic) bond motifs is 2. The molecule has 0 radical (unpaired) electrons. The molecule has 0 spiro atoms. The van der Waals surface area contributed by atoms with Gasteiger partial charge in [-0.15, -0.1) is 0 Å². The molecule has 0 aliphatic carbocycles. The molecule has 1 amide bonds. The molecule has 9 heteroatoms. The fraction of sp³-hybridized carbons (Fsp3) is 0.171. The molecule has 8 nitrogen and oxygen atoms in total. The number of benzene rings is 4. The number of rotatable bonds is 6. The Hall–Kier alpha value is -5.15. The van der Waals surface area contributed by atoms with Gasteiger partial charge in [-0.05, 0) is 72.5 Å². The molecule has 44 heavy (non-hydrogen) atoms. The Morgan fingerprint density at radius 2 is 1.75 bits per heavy atom. The predicted octanol–water partition coefficient (Wildman–Crippen LogP) is 6.89. The topological polar surface area (TPSA) is 98.2 Å². The molecule has 0 unspecified atom stereocenters. The number of aromatic nitrogens is 1. The molecule has 220 valence electrons. The van der Waals surface area contributed by atoms with Crippen molar-refractivity contribution < 1.29 is 28.9 Å². The molecule has 1 atom stereocenters. The van der Waals surface area contributed by atoms with Crippen molar-refractivity contribution in [3.8, 4) is 17.2 Å². The number of aliphatic hydroxyl groups excluding tert-OH is 1. The smallest absolute Gasteiger partial charge is 0.301 e. The van der Waals surface area contributed by atoms with E-state index in [1.165, 1.54) is 16.2 Å². The van der Waals surface area contributed by atoms with E-state index in [0.717, 1.165) is 26.9 Å². The lowest BCUT2D eigenvalue weighted by atomic mass is 9.95. The summed E-state index contributed by atoms with van der Waals surface area (Å²) in [5.74, 6) is -0.306. The molecule has 2 aliphatic rings. The average Bonchev–Trinajstić information content (AvgIpc) is 3.58. The van der Waals surface area contributed by atoms with Gasteiger partial charge in [-0.1, -0.05) is 59.9 Å². The maximum absolute atomic E-state index is 13.8. The third-order valence-electron chi connectivity index (χ3n) is 7.71. The lowest BCUT2D eigenvalue weighted by Crippen LogP contribution is -2.29. The Morgan fingerprint density at radius 3 is 2.57 bits per heavy atom. The van der Waals surface area contributed by atoms with Crippen LogP contribution in [0.2, 0.25) is 0 Å². The number of nitrogens with zero attached hydrogens (tertiary/aromatic N) is 2. The first-order valence-electron chi connectivity index (χ1n) is 14.2. The van der Waals surface area contributed by atoms with Gasteiger partial charge in [-0.25, -0.2) is 4.98 Å². The number of ketones is 1. The van der Waals surface area contributed by atoms with Gasteiger partial charge in [0.1, 0.15) is 31.3 Å². The molecule has 4 aromatic carbocycles. The van der Waals surface area contributed by atoms with Crippen molar-refractivity contribution >= 4 is 44.1 Å². The fourth-order valence-corrected chi connectivity index (χ4v) is 6.84. The fourth-order valence-electron chi connectivity index (χ4n) is 5.67. The van der Waals surface area contributed by atoms with Gasteiger partial charge >= 0.3 is 5.91 Å².